The molecule has 0 N–H and O–H groups in total. The lowest BCUT2D eigenvalue weighted by molar-refractivity contribution is 0.0628. The summed E-state index contributed by atoms with van der Waals surface area (Å²) in [5, 5.41) is 8.91. The molecular formula is C34H31FN4O2. The van der Waals surface area contributed by atoms with Crippen LogP contribution in [0.15, 0.2) is 91.1 Å². The Hall–Kier alpha value is -4.67. The first-order chi connectivity index (χ1) is 20.0. The van der Waals surface area contributed by atoms with Gasteiger partial charge in [-0.25, -0.2) is 4.39 Å². The maximum atomic E-state index is 13.1. The molecule has 2 heterocycles. The summed E-state index contributed by atoms with van der Waals surface area (Å²) in [6.07, 6.45) is 3.29. The smallest absolute Gasteiger partial charge is 0.255 e. The number of rotatable bonds is 9. The van der Waals surface area contributed by atoms with Crippen molar-refractivity contribution < 1.29 is 14.0 Å². The van der Waals surface area contributed by atoms with E-state index in [0.717, 1.165) is 42.0 Å². The molecule has 0 saturated carbocycles. The number of amides is 1. The summed E-state index contributed by atoms with van der Waals surface area (Å²) in [4.78, 5) is 34.3. The van der Waals surface area contributed by atoms with Gasteiger partial charge in [0.25, 0.3) is 5.91 Å². The molecule has 0 radical (unpaired) electrons. The van der Waals surface area contributed by atoms with E-state index in [1.807, 2.05) is 53.4 Å². The first kappa shape index (κ1) is 27.9. The van der Waals surface area contributed by atoms with Gasteiger partial charge in [0.05, 0.1) is 17.2 Å². The maximum absolute atomic E-state index is 13.1. The van der Waals surface area contributed by atoms with Gasteiger partial charge in [-0.3, -0.25) is 19.5 Å². The lowest BCUT2D eigenvalue weighted by atomic mass is 10.00. The van der Waals surface area contributed by atoms with Gasteiger partial charge >= 0.3 is 0 Å². The van der Waals surface area contributed by atoms with Crippen molar-refractivity contribution >= 4 is 11.7 Å². The molecule has 0 unspecified atom stereocenters. The molecule has 0 bridgehead atoms. The van der Waals surface area contributed by atoms with Crippen molar-refractivity contribution in [2.45, 2.75) is 25.8 Å². The highest BCUT2D eigenvalue weighted by atomic mass is 19.1. The van der Waals surface area contributed by atoms with Crippen molar-refractivity contribution in [1.29, 1.82) is 5.26 Å². The molecule has 0 atom stereocenters. The third kappa shape index (κ3) is 7.50. The van der Waals surface area contributed by atoms with Crippen LogP contribution >= 0.6 is 0 Å². The summed E-state index contributed by atoms with van der Waals surface area (Å²) >= 11 is 0. The molecule has 0 aliphatic carbocycles. The van der Waals surface area contributed by atoms with E-state index in [9.17, 15) is 14.0 Å². The number of nitriles is 1. The third-order valence-electron chi connectivity index (χ3n) is 7.44. The zero-order valence-corrected chi connectivity index (χ0v) is 22.8. The quantitative estimate of drug-likeness (QED) is 0.261. The van der Waals surface area contributed by atoms with Crippen LogP contribution in [0.4, 0.5) is 4.39 Å². The van der Waals surface area contributed by atoms with Crippen LogP contribution in [-0.2, 0) is 19.4 Å². The number of halogens is 1. The van der Waals surface area contributed by atoms with E-state index in [-0.39, 0.29) is 17.5 Å². The molecule has 206 valence electrons. The summed E-state index contributed by atoms with van der Waals surface area (Å²) in [5.41, 5.74) is 5.85. The van der Waals surface area contributed by atoms with Gasteiger partial charge < -0.3 is 4.90 Å². The average Bonchev–Trinajstić information content (AvgIpc) is 3.02. The van der Waals surface area contributed by atoms with E-state index in [0.29, 0.717) is 49.0 Å². The van der Waals surface area contributed by atoms with Gasteiger partial charge in [-0.1, -0.05) is 48.5 Å². The zero-order chi connectivity index (χ0) is 28.6. The summed E-state index contributed by atoms with van der Waals surface area (Å²) in [5.74, 6) is -0.172. The molecule has 6 nitrogen and oxygen atoms in total. The molecule has 1 aromatic heterocycles. The predicted molar refractivity (Wildman–Crippen MR) is 155 cm³/mol. The monoisotopic (exact) mass is 546 g/mol. The number of aryl methyl sites for hydroxylation is 1. The zero-order valence-electron chi connectivity index (χ0n) is 22.8. The molecule has 1 fully saturated rings. The van der Waals surface area contributed by atoms with Crippen LogP contribution in [0.5, 0.6) is 0 Å². The molecule has 1 saturated heterocycles. The van der Waals surface area contributed by atoms with Gasteiger partial charge in [0.2, 0.25) is 0 Å². The highest BCUT2D eigenvalue weighted by Crippen LogP contribution is 2.16. The van der Waals surface area contributed by atoms with Gasteiger partial charge in [-0.15, -0.1) is 0 Å². The highest BCUT2D eigenvalue weighted by Gasteiger charge is 2.22. The van der Waals surface area contributed by atoms with Crippen LogP contribution in [0.1, 0.15) is 55.1 Å². The van der Waals surface area contributed by atoms with Crippen molar-refractivity contribution in [2.75, 3.05) is 26.2 Å². The molecular weight excluding hydrogens is 515 g/mol. The number of carbonyl (C=O) groups is 2. The second-order valence-electron chi connectivity index (χ2n) is 10.3. The van der Waals surface area contributed by atoms with Crippen molar-refractivity contribution in [1.82, 2.24) is 14.8 Å². The minimum absolute atomic E-state index is 0.0191. The topological polar surface area (TPSA) is 77.3 Å². The van der Waals surface area contributed by atoms with E-state index < -0.39 is 0 Å². The number of hydrogen-bond acceptors (Lipinski definition) is 5. The number of nitrogens with zero attached hydrogens (tertiary/aromatic N) is 4. The van der Waals surface area contributed by atoms with E-state index in [1.54, 1.807) is 30.5 Å². The minimum Gasteiger partial charge on any atom is -0.336 e. The molecule has 3 aromatic carbocycles. The number of Topliss-reactive ketones (excluding diaryl/α,β-unsaturated/α-hetero) is 1. The van der Waals surface area contributed by atoms with Crippen LogP contribution in [0.25, 0.3) is 0 Å². The van der Waals surface area contributed by atoms with Crippen LogP contribution in [0.2, 0.25) is 0 Å². The fraction of sp³-hybridized carbons (Fsp3) is 0.235. The Bertz CT molecular complexity index is 1520. The Morgan fingerprint density at radius 1 is 0.780 bits per heavy atom. The van der Waals surface area contributed by atoms with Crippen LogP contribution in [-0.4, -0.2) is 52.7 Å². The summed E-state index contributed by atoms with van der Waals surface area (Å²) in [6.45, 7) is 3.55. The maximum Gasteiger partial charge on any atom is 0.255 e. The fourth-order valence-corrected chi connectivity index (χ4v) is 4.96. The lowest BCUT2D eigenvalue weighted by Crippen LogP contribution is -2.48. The molecule has 4 aromatic rings. The predicted octanol–water partition coefficient (Wildman–Crippen LogP) is 5.46. The van der Waals surface area contributed by atoms with Crippen LogP contribution in [0.3, 0.4) is 0 Å². The molecule has 1 amide bonds. The number of hydrogen-bond donors (Lipinski definition) is 0. The van der Waals surface area contributed by atoms with Crippen molar-refractivity contribution in [3.63, 3.8) is 0 Å². The van der Waals surface area contributed by atoms with E-state index in [2.05, 4.69) is 16.0 Å². The van der Waals surface area contributed by atoms with E-state index in [4.69, 9.17) is 5.26 Å². The van der Waals surface area contributed by atoms with Crippen LogP contribution < -0.4 is 0 Å². The van der Waals surface area contributed by atoms with E-state index >= 15 is 0 Å². The second kappa shape index (κ2) is 13.1. The molecule has 1 aliphatic rings. The Labute approximate surface area is 239 Å². The number of benzene rings is 3. The third-order valence-corrected chi connectivity index (χ3v) is 7.44. The summed E-state index contributed by atoms with van der Waals surface area (Å²) in [7, 11) is 0. The fourth-order valence-electron chi connectivity index (χ4n) is 4.96. The van der Waals surface area contributed by atoms with Gasteiger partial charge in [-0.2, -0.15) is 5.26 Å². The normalized spacial score (nSPS) is 13.5. The number of aromatic nitrogens is 1. The van der Waals surface area contributed by atoms with Gasteiger partial charge in [0, 0.05) is 63.0 Å². The average molecular weight is 547 g/mol. The summed E-state index contributed by atoms with van der Waals surface area (Å²) in [6, 6.07) is 27.3. The van der Waals surface area contributed by atoms with Crippen molar-refractivity contribution in [3.8, 4) is 6.07 Å². The number of pyridine rings is 1. The number of piperazine rings is 1. The first-order valence-corrected chi connectivity index (χ1v) is 13.8. The van der Waals surface area contributed by atoms with E-state index in [1.165, 1.54) is 12.1 Å². The standard InChI is InChI=1S/C34H31FN4O2/c35-31-13-7-28(8-14-31)24-38-17-19-39(20-18-38)34(41)30-12-15-32(37-23-30)21-26-5-10-29(11-6-26)33(40)16-9-25-1-3-27(22-36)4-2-25/h1-8,10-15,23H,9,16-21,24H2. The number of ketones is 1. The second-order valence-corrected chi connectivity index (χ2v) is 10.3. The molecule has 41 heavy (non-hydrogen) atoms. The molecule has 7 heteroatoms. The van der Waals surface area contributed by atoms with Gasteiger partial charge in [0.15, 0.2) is 5.78 Å². The number of carbonyl (C=O) groups excluding carboxylic acids is 2. The largest absolute Gasteiger partial charge is 0.336 e. The Balaban J connectivity index is 1.09. The van der Waals surface area contributed by atoms with Gasteiger partial charge in [-0.05, 0) is 59.5 Å². The molecule has 0 spiro atoms. The SMILES string of the molecule is N#Cc1ccc(CCC(=O)c2ccc(Cc3ccc(C(=O)N4CCN(Cc5ccc(F)cc5)CC4)cn3)cc2)cc1. The minimum atomic E-state index is -0.235. The van der Waals surface area contributed by atoms with Crippen molar-refractivity contribution in [3.05, 3.63) is 136 Å². The summed E-state index contributed by atoms with van der Waals surface area (Å²) < 4.78 is 13.1. The van der Waals surface area contributed by atoms with Crippen molar-refractivity contribution in [2.24, 2.45) is 0 Å². The first-order valence-electron chi connectivity index (χ1n) is 13.8. The Kier molecular flexibility index (Phi) is 8.92. The lowest BCUT2D eigenvalue weighted by Gasteiger charge is -2.34. The Morgan fingerprint density at radius 3 is 2.05 bits per heavy atom. The molecule has 1 aliphatic heterocycles. The molecule has 5 rings (SSSR count). The van der Waals surface area contributed by atoms with Crippen LogP contribution in [0, 0.1) is 17.1 Å². The van der Waals surface area contributed by atoms with Gasteiger partial charge in [0.1, 0.15) is 5.82 Å². The highest BCUT2D eigenvalue weighted by molar-refractivity contribution is 5.96. The Morgan fingerprint density at radius 2 is 1.41 bits per heavy atom.